The molecule has 0 aromatic heterocycles. The van der Waals surface area contributed by atoms with E-state index in [0.29, 0.717) is 5.75 Å². The zero-order valence-electron chi connectivity index (χ0n) is 8.90. The lowest BCUT2D eigenvalue weighted by Crippen LogP contribution is -2.36. The number of rotatable bonds is 3. The van der Waals surface area contributed by atoms with Crippen molar-refractivity contribution in [1.82, 2.24) is 4.48 Å². The van der Waals surface area contributed by atoms with Gasteiger partial charge in [0.25, 0.3) is 0 Å². The maximum atomic E-state index is 5.30. The third-order valence-electron chi connectivity index (χ3n) is 1.88. The van der Waals surface area contributed by atoms with Crippen LogP contribution in [0.5, 0.6) is 5.75 Å². The summed E-state index contributed by atoms with van der Waals surface area (Å²) in [6.45, 7) is 0. The van der Waals surface area contributed by atoms with Crippen LogP contribution < -0.4 is 20.7 Å². The van der Waals surface area contributed by atoms with Crippen LogP contribution in [0, 0.1) is 0 Å². The summed E-state index contributed by atoms with van der Waals surface area (Å²) in [6.07, 6.45) is -0.759. The Morgan fingerprint density at radius 1 is 1.07 bits per heavy atom. The third kappa shape index (κ3) is 2.99. The van der Waals surface area contributed by atoms with Crippen molar-refractivity contribution in [2.24, 2.45) is 11.5 Å². The van der Waals surface area contributed by atoms with Gasteiger partial charge in [-0.15, -0.1) is 0 Å². The Hall–Kier alpha value is -1.10. The topological polar surface area (TPSA) is 61.3 Å². The van der Waals surface area contributed by atoms with Crippen molar-refractivity contribution < 1.29 is 4.74 Å². The van der Waals surface area contributed by atoms with E-state index in [1.165, 1.54) is 5.69 Å². The fourth-order valence-corrected chi connectivity index (χ4v) is 1.13. The van der Waals surface area contributed by atoms with Gasteiger partial charge in [-0.05, 0) is 12.1 Å². The van der Waals surface area contributed by atoms with Gasteiger partial charge < -0.3 is 4.74 Å². The maximum Gasteiger partial charge on any atom is 0.201 e. The van der Waals surface area contributed by atoms with Crippen LogP contribution in [0.3, 0.4) is 0 Å². The van der Waals surface area contributed by atoms with E-state index in [2.05, 4.69) is 21.1 Å². The Morgan fingerprint density at radius 3 is 1.93 bits per heavy atom. The molecule has 0 aliphatic heterocycles. The zero-order chi connectivity index (χ0) is 10.8. The summed E-state index contributed by atoms with van der Waals surface area (Å²) in [5.74, 6) is 0.692. The molecule has 0 fully saturated rings. The molecule has 4 heteroatoms. The number of nitrogens with zero attached hydrogens (tertiary/aromatic N) is 1. The number of ether oxygens (including phenoxy) is 1. The van der Waals surface area contributed by atoms with Gasteiger partial charge in [0.05, 0.1) is 21.1 Å². The van der Waals surface area contributed by atoms with Crippen LogP contribution in [0.2, 0.25) is 0 Å². The van der Waals surface area contributed by atoms with Gasteiger partial charge in [0.1, 0.15) is 11.4 Å². The second-order valence-electron chi connectivity index (χ2n) is 4.09. The highest BCUT2D eigenvalue weighted by atomic mass is 16.5. The minimum absolute atomic E-state index is 0.692. The molecule has 0 saturated carbocycles. The van der Waals surface area contributed by atoms with Crippen LogP contribution >= 0.6 is 0 Å². The number of benzene rings is 1. The Bertz CT molecular complexity index is 287. The average Bonchev–Trinajstić information content (AvgIpc) is 2.02. The molecule has 1 aromatic rings. The van der Waals surface area contributed by atoms with Crippen LogP contribution in [-0.2, 0) is 0 Å². The van der Waals surface area contributed by atoms with Crippen LogP contribution in [0.15, 0.2) is 24.3 Å². The van der Waals surface area contributed by atoms with Crippen molar-refractivity contribution >= 4 is 5.69 Å². The normalized spacial score (nSPS) is 11.9. The van der Waals surface area contributed by atoms with Crippen molar-refractivity contribution in [3.8, 4) is 5.75 Å². The van der Waals surface area contributed by atoms with Gasteiger partial charge in [-0.25, -0.2) is 0 Å². The van der Waals surface area contributed by atoms with Crippen molar-refractivity contribution in [3.05, 3.63) is 24.3 Å². The molecule has 0 spiro atoms. The SMILES string of the molecule is C[N+](C)(C)c1ccc(OC(N)N)cc1. The lowest BCUT2D eigenvalue weighted by molar-refractivity contribution is 0.217. The Balaban J connectivity index is 2.79. The highest BCUT2D eigenvalue weighted by Crippen LogP contribution is 2.20. The van der Waals surface area contributed by atoms with E-state index in [4.69, 9.17) is 16.2 Å². The fourth-order valence-electron chi connectivity index (χ4n) is 1.13. The van der Waals surface area contributed by atoms with Crippen LogP contribution in [-0.4, -0.2) is 27.5 Å². The molecule has 0 atom stereocenters. The smallest absolute Gasteiger partial charge is 0.201 e. The summed E-state index contributed by atoms with van der Waals surface area (Å²) in [4.78, 5) is 0. The van der Waals surface area contributed by atoms with Crippen LogP contribution in [0.1, 0.15) is 0 Å². The van der Waals surface area contributed by atoms with E-state index < -0.39 is 6.35 Å². The quantitative estimate of drug-likeness (QED) is 0.545. The maximum absolute atomic E-state index is 5.30. The zero-order valence-corrected chi connectivity index (χ0v) is 8.90. The Morgan fingerprint density at radius 2 is 1.57 bits per heavy atom. The van der Waals surface area contributed by atoms with Gasteiger partial charge in [0.2, 0.25) is 6.35 Å². The lowest BCUT2D eigenvalue weighted by atomic mass is 10.2. The summed E-state index contributed by atoms with van der Waals surface area (Å²) in [6, 6.07) is 7.73. The molecule has 4 N–H and O–H groups in total. The summed E-state index contributed by atoms with van der Waals surface area (Å²) in [5.41, 5.74) is 11.8. The minimum atomic E-state index is -0.759. The molecule has 0 heterocycles. The van der Waals surface area contributed by atoms with E-state index in [0.717, 1.165) is 4.48 Å². The summed E-state index contributed by atoms with van der Waals surface area (Å²) in [7, 11) is 6.31. The highest BCUT2D eigenvalue weighted by molar-refractivity contribution is 5.44. The molecule has 4 nitrogen and oxygen atoms in total. The van der Waals surface area contributed by atoms with E-state index in [1.54, 1.807) is 0 Å². The van der Waals surface area contributed by atoms with Gasteiger partial charge in [-0.3, -0.25) is 16.0 Å². The van der Waals surface area contributed by atoms with Crippen LogP contribution in [0.25, 0.3) is 0 Å². The number of hydrogen-bond donors (Lipinski definition) is 2. The van der Waals surface area contributed by atoms with Gasteiger partial charge in [-0.1, -0.05) is 0 Å². The lowest BCUT2D eigenvalue weighted by Gasteiger charge is -2.23. The average molecular weight is 196 g/mol. The van der Waals surface area contributed by atoms with Crippen LogP contribution in [0.4, 0.5) is 5.69 Å². The van der Waals surface area contributed by atoms with Crippen molar-refractivity contribution in [2.45, 2.75) is 6.35 Å². The first kappa shape index (κ1) is 11.0. The molecule has 0 aliphatic rings. The Labute approximate surface area is 84.7 Å². The molecule has 0 aliphatic carbocycles. The first-order valence-corrected chi connectivity index (χ1v) is 4.49. The fraction of sp³-hybridized carbons (Fsp3) is 0.400. The standard InChI is InChI=1S/C10H18N3O/c1-13(2,3)8-4-6-9(7-5-8)14-10(11)12/h4-7,10H,11-12H2,1-3H3/q+1. The molecule has 0 bridgehead atoms. The predicted octanol–water partition coefficient (Wildman–Crippen LogP) is 0.463. The van der Waals surface area contributed by atoms with E-state index in [9.17, 15) is 0 Å². The van der Waals surface area contributed by atoms with Gasteiger partial charge in [0, 0.05) is 12.1 Å². The molecular weight excluding hydrogens is 178 g/mol. The van der Waals surface area contributed by atoms with E-state index in [-0.39, 0.29) is 0 Å². The Kier molecular flexibility index (Phi) is 3.10. The van der Waals surface area contributed by atoms with Crippen molar-refractivity contribution in [3.63, 3.8) is 0 Å². The van der Waals surface area contributed by atoms with Gasteiger partial charge in [-0.2, -0.15) is 0 Å². The highest BCUT2D eigenvalue weighted by Gasteiger charge is 2.11. The number of quaternary nitrogens is 1. The largest absolute Gasteiger partial charge is 0.463 e. The third-order valence-corrected chi connectivity index (χ3v) is 1.88. The first-order valence-electron chi connectivity index (χ1n) is 4.49. The molecule has 0 radical (unpaired) electrons. The minimum Gasteiger partial charge on any atom is -0.463 e. The monoisotopic (exact) mass is 196 g/mol. The first-order chi connectivity index (χ1) is 6.39. The van der Waals surface area contributed by atoms with Gasteiger partial charge >= 0.3 is 0 Å². The summed E-state index contributed by atoms with van der Waals surface area (Å²) >= 11 is 0. The summed E-state index contributed by atoms with van der Waals surface area (Å²) < 4.78 is 5.90. The second kappa shape index (κ2) is 3.96. The van der Waals surface area contributed by atoms with Crippen molar-refractivity contribution in [2.75, 3.05) is 21.1 Å². The van der Waals surface area contributed by atoms with Crippen molar-refractivity contribution in [1.29, 1.82) is 0 Å². The van der Waals surface area contributed by atoms with E-state index in [1.807, 2.05) is 24.3 Å². The van der Waals surface area contributed by atoms with Gasteiger partial charge in [0.15, 0.2) is 0 Å². The molecule has 0 amide bonds. The molecule has 78 valence electrons. The number of hydrogen-bond acceptors (Lipinski definition) is 3. The van der Waals surface area contributed by atoms with E-state index >= 15 is 0 Å². The second-order valence-corrected chi connectivity index (χ2v) is 4.09. The molecule has 0 saturated heterocycles. The molecule has 1 rings (SSSR count). The molecule has 0 unspecified atom stereocenters. The molecule has 1 aromatic carbocycles. The molecule has 14 heavy (non-hydrogen) atoms. The predicted molar refractivity (Wildman–Crippen MR) is 58.8 cm³/mol. The number of nitrogens with two attached hydrogens (primary N) is 2. The summed E-state index contributed by atoms with van der Waals surface area (Å²) in [5, 5.41) is 0. The molecular formula is C10H18N3O+.